The largest absolute Gasteiger partial charge is 0.301 e. The van der Waals surface area contributed by atoms with Gasteiger partial charge in [0, 0.05) is 37.3 Å². The van der Waals surface area contributed by atoms with Crippen LogP contribution in [-0.2, 0) is 0 Å². The number of nitrogens with zero attached hydrogens (tertiary/aromatic N) is 3. The summed E-state index contributed by atoms with van der Waals surface area (Å²) in [5.74, 6) is 1.00. The summed E-state index contributed by atoms with van der Waals surface area (Å²) in [6.45, 7) is 20.3. The van der Waals surface area contributed by atoms with Crippen LogP contribution in [-0.4, -0.2) is 71.6 Å². The summed E-state index contributed by atoms with van der Waals surface area (Å²) in [4.78, 5) is 8.17. The van der Waals surface area contributed by atoms with E-state index in [1.807, 2.05) is 0 Å². The maximum absolute atomic E-state index is 2.80. The summed E-state index contributed by atoms with van der Waals surface area (Å²) in [5, 5.41) is 0. The highest BCUT2D eigenvalue weighted by Gasteiger charge is 2.43. The molecule has 3 rings (SSSR count). The summed E-state index contributed by atoms with van der Waals surface area (Å²) < 4.78 is 0. The topological polar surface area (TPSA) is 9.72 Å². The first-order valence-electron chi connectivity index (χ1n) is 11.2. The lowest BCUT2D eigenvalue weighted by Crippen LogP contribution is -2.49. The number of piperidine rings is 1. The van der Waals surface area contributed by atoms with Crippen LogP contribution in [0.4, 0.5) is 0 Å². The fraction of sp³-hybridized carbons (Fsp3) is 1.00. The third-order valence-electron chi connectivity index (χ3n) is 6.50. The molecule has 0 aromatic carbocycles. The molecule has 0 radical (unpaired) electrons. The van der Waals surface area contributed by atoms with Crippen molar-refractivity contribution in [3.05, 3.63) is 0 Å². The average Bonchev–Trinajstić information content (AvgIpc) is 3.16. The van der Waals surface area contributed by atoms with Gasteiger partial charge in [-0.1, -0.05) is 20.3 Å². The number of hydrogen-bond acceptors (Lipinski definition) is 3. The molecular weight excluding hydrogens is 306 g/mol. The first kappa shape index (κ1) is 21.2. The Kier molecular flexibility index (Phi) is 8.71. The highest BCUT2D eigenvalue weighted by Crippen LogP contribution is 2.32. The molecule has 0 spiro atoms. The fourth-order valence-electron chi connectivity index (χ4n) is 5.03. The standard InChI is InChI=1S/C19H37N3.C3H8/c1-15(2)20-10-7-17(8-11-20)6-5-9-21-13-19-12-18(21)14-22(19)16(3)4;1-3-2/h15-19H,5-14H2,1-4H3;3H2,1-2H3/t18-,19+;/m1./s1. The molecule has 2 bridgehead atoms. The van der Waals surface area contributed by atoms with E-state index < -0.39 is 0 Å². The van der Waals surface area contributed by atoms with Gasteiger partial charge in [0.25, 0.3) is 0 Å². The Morgan fingerprint density at radius 3 is 2.00 bits per heavy atom. The van der Waals surface area contributed by atoms with E-state index in [-0.39, 0.29) is 0 Å². The van der Waals surface area contributed by atoms with Crippen molar-refractivity contribution in [1.29, 1.82) is 0 Å². The van der Waals surface area contributed by atoms with Gasteiger partial charge in [-0.15, -0.1) is 0 Å². The number of likely N-dealkylation sites (tertiary alicyclic amines) is 3. The molecule has 0 aromatic rings. The molecule has 0 aliphatic carbocycles. The predicted octanol–water partition coefficient (Wildman–Crippen LogP) is 4.47. The van der Waals surface area contributed by atoms with Gasteiger partial charge in [-0.25, -0.2) is 0 Å². The number of rotatable bonds is 6. The molecule has 3 heterocycles. The van der Waals surface area contributed by atoms with Crippen LogP contribution in [0.15, 0.2) is 0 Å². The molecule has 3 heteroatoms. The quantitative estimate of drug-likeness (QED) is 0.699. The van der Waals surface area contributed by atoms with Gasteiger partial charge in [-0.05, 0) is 85.4 Å². The number of fused-ring (bicyclic) bond motifs is 2. The van der Waals surface area contributed by atoms with E-state index >= 15 is 0 Å². The van der Waals surface area contributed by atoms with Crippen LogP contribution in [0.2, 0.25) is 0 Å². The van der Waals surface area contributed by atoms with Crippen LogP contribution < -0.4 is 0 Å². The van der Waals surface area contributed by atoms with Crippen molar-refractivity contribution in [2.24, 2.45) is 5.92 Å². The summed E-state index contributed by atoms with van der Waals surface area (Å²) in [7, 11) is 0. The normalized spacial score (nSPS) is 28.8. The Morgan fingerprint density at radius 1 is 0.880 bits per heavy atom. The molecule has 0 N–H and O–H groups in total. The van der Waals surface area contributed by atoms with Crippen LogP contribution in [0.5, 0.6) is 0 Å². The average molecular weight is 352 g/mol. The Balaban J connectivity index is 0.000000701. The molecule has 3 aliphatic rings. The minimum atomic E-state index is 0.739. The van der Waals surface area contributed by atoms with Crippen LogP contribution >= 0.6 is 0 Å². The molecule has 0 saturated carbocycles. The van der Waals surface area contributed by atoms with Crippen molar-refractivity contribution in [2.75, 3.05) is 32.7 Å². The molecule has 0 unspecified atom stereocenters. The second-order valence-corrected chi connectivity index (χ2v) is 9.25. The van der Waals surface area contributed by atoms with Gasteiger partial charge in [-0.2, -0.15) is 0 Å². The van der Waals surface area contributed by atoms with Crippen LogP contribution in [0.3, 0.4) is 0 Å². The molecular formula is C22H45N3. The summed E-state index contributed by atoms with van der Waals surface area (Å²) in [6.07, 6.45) is 8.45. The SMILES string of the molecule is CC(C)N1CCC(CCCN2C[C@@H]3C[C@@H]2CN3C(C)C)CC1.CCC. The maximum atomic E-state index is 2.80. The Morgan fingerprint density at radius 2 is 1.52 bits per heavy atom. The maximum Gasteiger partial charge on any atom is 0.0242 e. The first-order chi connectivity index (χ1) is 12.0. The lowest BCUT2D eigenvalue weighted by atomic mass is 9.91. The highest BCUT2D eigenvalue weighted by molar-refractivity contribution is 5.00. The summed E-state index contributed by atoms with van der Waals surface area (Å²) in [5.41, 5.74) is 0. The summed E-state index contributed by atoms with van der Waals surface area (Å²) in [6, 6.07) is 3.21. The van der Waals surface area contributed by atoms with Crippen molar-refractivity contribution >= 4 is 0 Å². The van der Waals surface area contributed by atoms with E-state index in [9.17, 15) is 0 Å². The predicted molar refractivity (Wildman–Crippen MR) is 110 cm³/mol. The van der Waals surface area contributed by atoms with E-state index in [2.05, 4.69) is 56.2 Å². The molecule has 25 heavy (non-hydrogen) atoms. The van der Waals surface area contributed by atoms with E-state index in [4.69, 9.17) is 0 Å². The van der Waals surface area contributed by atoms with Crippen molar-refractivity contribution < 1.29 is 0 Å². The van der Waals surface area contributed by atoms with E-state index in [1.54, 1.807) is 0 Å². The summed E-state index contributed by atoms with van der Waals surface area (Å²) >= 11 is 0. The molecule has 0 aromatic heterocycles. The van der Waals surface area contributed by atoms with Gasteiger partial charge in [0.2, 0.25) is 0 Å². The van der Waals surface area contributed by atoms with E-state index in [0.29, 0.717) is 0 Å². The van der Waals surface area contributed by atoms with E-state index in [1.165, 1.54) is 71.2 Å². The molecule has 2 atom stereocenters. The lowest BCUT2D eigenvalue weighted by Gasteiger charge is -2.37. The van der Waals surface area contributed by atoms with Gasteiger partial charge in [0.05, 0.1) is 0 Å². The Hall–Kier alpha value is -0.120. The van der Waals surface area contributed by atoms with Gasteiger partial charge < -0.3 is 4.90 Å². The molecule has 3 nitrogen and oxygen atoms in total. The molecule has 3 aliphatic heterocycles. The fourth-order valence-corrected chi connectivity index (χ4v) is 5.03. The number of piperazine rings is 1. The van der Waals surface area contributed by atoms with Crippen molar-refractivity contribution in [3.8, 4) is 0 Å². The molecule has 3 saturated heterocycles. The lowest BCUT2D eigenvalue weighted by molar-refractivity contribution is 0.0990. The third kappa shape index (κ3) is 5.94. The first-order valence-corrected chi connectivity index (χ1v) is 11.2. The number of hydrogen-bond donors (Lipinski definition) is 0. The zero-order chi connectivity index (χ0) is 18.4. The van der Waals surface area contributed by atoms with E-state index in [0.717, 1.165) is 30.1 Å². The monoisotopic (exact) mass is 351 g/mol. The zero-order valence-electron chi connectivity index (χ0n) is 18.0. The molecule has 148 valence electrons. The van der Waals surface area contributed by atoms with Crippen molar-refractivity contribution in [1.82, 2.24) is 14.7 Å². The van der Waals surface area contributed by atoms with Crippen LogP contribution in [0.1, 0.15) is 80.1 Å². The van der Waals surface area contributed by atoms with Gasteiger partial charge in [-0.3, -0.25) is 9.80 Å². The minimum Gasteiger partial charge on any atom is -0.301 e. The second kappa shape index (κ2) is 10.3. The van der Waals surface area contributed by atoms with Crippen molar-refractivity contribution in [2.45, 2.75) is 104 Å². The zero-order valence-corrected chi connectivity index (χ0v) is 18.0. The highest BCUT2D eigenvalue weighted by atomic mass is 15.4. The van der Waals surface area contributed by atoms with Gasteiger partial charge in [0.1, 0.15) is 0 Å². The Labute approximate surface area is 158 Å². The van der Waals surface area contributed by atoms with Gasteiger partial charge >= 0.3 is 0 Å². The van der Waals surface area contributed by atoms with Crippen LogP contribution in [0, 0.1) is 5.92 Å². The van der Waals surface area contributed by atoms with Gasteiger partial charge in [0.15, 0.2) is 0 Å². The smallest absolute Gasteiger partial charge is 0.0242 e. The Bertz CT molecular complexity index is 360. The third-order valence-corrected chi connectivity index (χ3v) is 6.50. The minimum absolute atomic E-state index is 0.739. The molecule has 3 fully saturated rings. The molecule has 0 amide bonds. The second-order valence-electron chi connectivity index (χ2n) is 9.25. The van der Waals surface area contributed by atoms with Crippen molar-refractivity contribution in [3.63, 3.8) is 0 Å². The van der Waals surface area contributed by atoms with Crippen LogP contribution in [0.25, 0.3) is 0 Å².